The molecule has 1 saturated carbocycles. The molecule has 3 amide bonds. The third kappa shape index (κ3) is 0.673. The van der Waals surface area contributed by atoms with Crippen molar-refractivity contribution >= 4 is 11.9 Å². The molecule has 0 aromatic heterocycles. The highest BCUT2D eigenvalue weighted by molar-refractivity contribution is 5.97. The Labute approximate surface area is 69.9 Å². The molecule has 2 heterocycles. The molecule has 64 valence electrons. The molecule has 0 aromatic carbocycles. The fourth-order valence-corrected chi connectivity index (χ4v) is 2.51. The van der Waals surface area contributed by atoms with Gasteiger partial charge in [0.2, 0.25) is 5.91 Å². The molecule has 1 aliphatic carbocycles. The fraction of sp³-hybridized carbons (Fsp3) is 0.750. The number of hydrogen-bond donors (Lipinski definition) is 1. The van der Waals surface area contributed by atoms with Gasteiger partial charge in [-0.05, 0) is 18.8 Å². The second-order valence-electron chi connectivity index (χ2n) is 3.92. The smallest absolute Gasteiger partial charge is 0.318 e. The molecule has 2 aliphatic heterocycles. The zero-order chi connectivity index (χ0) is 8.29. The van der Waals surface area contributed by atoms with Crippen LogP contribution in [0.25, 0.3) is 0 Å². The van der Waals surface area contributed by atoms with Gasteiger partial charge in [-0.1, -0.05) is 0 Å². The van der Waals surface area contributed by atoms with E-state index in [-0.39, 0.29) is 18.0 Å². The van der Waals surface area contributed by atoms with Gasteiger partial charge in [0.1, 0.15) is 0 Å². The molecule has 4 heteroatoms. The second kappa shape index (κ2) is 1.81. The molecule has 0 bridgehead atoms. The Balaban J connectivity index is 1.89. The van der Waals surface area contributed by atoms with Crippen LogP contribution in [0, 0.1) is 5.92 Å². The van der Waals surface area contributed by atoms with Crippen molar-refractivity contribution in [1.29, 1.82) is 0 Å². The van der Waals surface area contributed by atoms with E-state index < -0.39 is 0 Å². The lowest BCUT2D eigenvalue weighted by atomic mass is 10.1. The van der Waals surface area contributed by atoms with Gasteiger partial charge in [-0.3, -0.25) is 10.1 Å². The fourth-order valence-electron chi connectivity index (χ4n) is 2.51. The Bertz CT molecular complexity index is 276. The van der Waals surface area contributed by atoms with Crippen molar-refractivity contribution in [3.05, 3.63) is 0 Å². The van der Waals surface area contributed by atoms with E-state index in [2.05, 4.69) is 5.32 Å². The normalized spacial score (nSPS) is 43.7. The van der Waals surface area contributed by atoms with E-state index in [4.69, 9.17) is 0 Å². The van der Waals surface area contributed by atoms with Gasteiger partial charge in [0.25, 0.3) is 0 Å². The topological polar surface area (TPSA) is 49.4 Å². The summed E-state index contributed by atoms with van der Waals surface area (Å²) in [7, 11) is 0. The highest BCUT2D eigenvalue weighted by Gasteiger charge is 2.55. The van der Waals surface area contributed by atoms with Crippen molar-refractivity contribution in [1.82, 2.24) is 10.2 Å². The number of nitrogens with zero attached hydrogens (tertiary/aromatic N) is 1. The van der Waals surface area contributed by atoms with Gasteiger partial charge in [0.15, 0.2) is 0 Å². The maximum absolute atomic E-state index is 11.3. The van der Waals surface area contributed by atoms with Crippen molar-refractivity contribution in [2.75, 3.05) is 0 Å². The lowest BCUT2D eigenvalue weighted by molar-refractivity contribution is -0.122. The maximum atomic E-state index is 11.3. The molecule has 3 rings (SSSR count). The highest BCUT2D eigenvalue weighted by atomic mass is 16.2. The molecule has 12 heavy (non-hydrogen) atoms. The summed E-state index contributed by atoms with van der Waals surface area (Å²) in [5.41, 5.74) is 0. The molecule has 3 atom stereocenters. The summed E-state index contributed by atoms with van der Waals surface area (Å²) in [6.07, 6.45) is 2.71. The van der Waals surface area contributed by atoms with Crippen molar-refractivity contribution in [3.63, 3.8) is 0 Å². The largest absolute Gasteiger partial charge is 0.324 e. The van der Waals surface area contributed by atoms with Crippen LogP contribution < -0.4 is 5.32 Å². The van der Waals surface area contributed by atoms with Crippen LogP contribution in [0.1, 0.15) is 19.3 Å². The Morgan fingerprint density at radius 1 is 1.33 bits per heavy atom. The van der Waals surface area contributed by atoms with E-state index in [0.29, 0.717) is 18.4 Å². The molecule has 0 radical (unpaired) electrons. The lowest BCUT2D eigenvalue weighted by Gasteiger charge is -2.31. The predicted octanol–water partition coefficient (Wildman–Crippen LogP) is 0.0891. The minimum atomic E-state index is -0.166. The summed E-state index contributed by atoms with van der Waals surface area (Å²) < 4.78 is 0. The van der Waals surface area contributed by atoms with Crippen LogP contribution in [0.3, 0.4) is 0 Å². The van der Waals surface area contributed by atoms with E-state index in [1.54, 1.807) is 0 Å². The molecule has 3 aliphatic rings. The number of hydrogen-bond acceptors (Lipinski definition) is 2. The Morgan fingerprint density at radius 2 is 2.17 bits per heavy atom. The third-order valence-electron chi connectivity index (χ3n) is 3.11. The summed E-state index contributed by atoms with van der Waals surface area (Å²) in [4.78, 5) is 24.2. The van der Waals surface area contributed by atoms with Crippen LogP contribution in [-0.2, 0) is 4.79 Å². The number of piperidine rings is 1. The molecule has 1 N–H and O–H groups in total. The number of nitrogens with one attached hydrogen (secondary N) is 1. The summed E-state index contributed by atoms with van der Waals surface area (Å²) in [5, 5.41) is 2.36. The van der Waals surface area contributed by atoms with Crippen LogP contribution in [0.4, 0.5) is 4.79 Å². The molecule has 0 unspecified atom stereocenters. The molecule has 0 aromatic rings. The number of urea groups is 1. The highest BCUT2D eigenvalue weighted by Crippen LogP contribution is 2.49. The van der Waals surface area contributed by atoms with Crippen molar-refractivity contribution in [3.8, 4) is 0 Å². The van der Waals surface area contributed by atoms with Gasteiger partial charge in [-0.25, -0.2) is 4.79 Å². The minimum Gasteiger partial charge on any atom is -0.318 e. The zero-order valence-electron chi connectivity index (χ0n) is 6.62. The average Bonchev–Trinajstić information content (AvgIpc) is 2.60. The Kier molecular flexibility index (Phi) is 0.975. The van der Waals surface area contributed by atoms with Gasteiger partial charge in [0.05, 0.1) is 0 Å². The number of amides is 3. The molecule has 0 spiro atoms. The van der Waals surface area contributed by atoms with Crippen molar-refractivity contribution in [2.45, 2.75) is 31.3 Å². The minimum absolute atomic E-state index is 0.109. The Morgan fingerprint density at radius 3 is 3.00 bits per heavy atom. The first kappa shape index (κ1) is 6.46. The van der Waals surface area contributed by atoms with Gasteiger partial charge in [-0.15, -0.1) is 0 Å². The second-order valence-corrected chi connectivity index (χ2v) is 3.92. The molecular weight excluding hydrogens is 156 g/mol. The summed E-state index contributed by atoms with van der Waals surface area (Å²) >= 11 is 0. The number of fused-ring (bicyclic) bond motifs is 3. The van der Waals surface area contributed by atoms with Crippen molar-refractivity contribution in [2.24, 2.45) is 5.92 Å². The Hall–Kier alpha value is -1.06. The molecule has 2 saturated heterocycles. The zero-order valence-corrected chi connectivity index (χ0v) is 6.62. The van der Waals surface area contributed by atoms with E-state index in [0.717, 1.165) is 12.8 Å². The van der Waals surface area contributed by atoms with Gasteiger partial charge in [0, 0.05) is 18.5 Å². The summed E-state index contributed by atoms with van der Waals surface area (Å²) in [6.45, 7) is 0. The number of carbonyl (C=O) groups is 2. The molecule has 3 fully saturated rings. The van der Waals surface area contributed by atoms with Crippen LogP contribution in [-0.4, -0.2) is 28.9 Å². The monoisotopic (exact) mass is 166 g/mol. The van der Waals surface area contributed by atoms with Gasteiger partial charge >= 0.3 is 6.03 Å². The van der Waals surface area contributed by atoms with Crippen LogP contribution in [0.2, 0.25) is 0 Å². The van der Waals surface area contributed by atoms with Crippen LogP contribution in [0.15, 0.2) is 0 Å². The lowest BCUT2D eigenvalue weighted by Crippen LogP contribution is -2.53. The first-order valence-corrected chi connectivity index (χ1v) is 4.38. The van der Waals surface area contributed by atoms with Crippen molar-refractivity contribution < 1.29 is 9.59 Å². The number of carbonyl (C=O) groups excluding carboxylic acids is 2. The van der Waals surface area contributed by atoms with E-state index in [1.807, 2.05) is 4.90 Å². The SMILES string of the molecule is O=C1C[C@@H]2C[C@H]3C[C@H]3N2C(=O)N1. The molecule has 4 nitrogen and oxygen atoms in total. The quantitative estimate of drug-likeness (QED) is 0.554. The predicted molar refractivity (Wildman–Crippen MR) is 40.3 cm³/mol. The van der Waals surface area contributed by atoms with Crippen LogP contribution in [0.5, 0.6) is 0 Å². The van der Waals surface area contributed by atoms with Gasteiger partial charge < -0.3 is 4.90 Å². The first-order chi connectivity index (χ1) is 5.75. The number of imide groups is 1. The third-order valence-corrected chi connectivity index (χ3v) is 3.11. The van der Waals surface area contributed by atoms with Crippen LogP contribution >= 0.6 is 0 Å². The molecular formula is C8H10N2O2. The summed E-state index contributed by atoms with van der Waals surface area (Å²) in [6, 6.07) is 0.513. The van der Waals surface area contributed by atoms with E-state index in [9.17, 15) is 9.59 Å². The van der Waals surface area contributed by atoms with E-state index in [1.165, 1.54) is 0 Å². The number of rotatable bonds is 0. The first-order valence-electron chi connectivity index (χ1n) is 4.38. The average molecular weight is 166 g/mol. The van der Waals surface area contributed by atoms with Gasteiger partial charge in [-0.2, -0.15) is 0 Å². The van der Waals surface area contributed by atoms with E-state index >= 15 is 0 Å². The maximum Gasteiger partial charge on any atom is 0.324 e. The summed E-state index contributed by atoms with van der Waals surface area (Å²) in [5.74, 6) is 0.592. The standard InChI is InChI=1S/C8H10N2O2/c11-7-3-5-1-4-2-6(4)10(5)8(12)9-7/h4-6H,1-3H2,(H,9,11,12)/t4-,5-,6+/m0/s1.